The lowest BCUT2D eigenvalue weighted by atomic mass is 9.85. The van der Waals surface area contributed by atoms with E-state index in [2.05, 4.69) is 5.32 Å². The fourth-order valence-corrected chi connectivity index (χ4v) is 5.76. The zero-order valence-electron chi connectivity index (χ0n) is 22.6. The van der Waals surface area contributed by atoms with Crippen LogP contribution in [0.3, 0.4) is 0 Å². The fraction of sp³-hybridized carbons (Fsp3) is 0.367. The van der Waals surface area contributed by atoms with Gasteiger partial charge in [0, 0.05) is 35.1 Å². The van der Waals surface area contributed by atoms with E-state index >= 15 is 0 Å². The molecule has 210 valence electrons. The van der Waals surface area contributed by atoms with Crippen LogP contribution in [0.25, 0.3) is 0 Å². The minimum Gasteiger partial charge on any atom is -0.497 e. The third-order valence-electron chi connectivity index (χ3n) is 7.17. The van der Waals surface area contributed by atoms with Gasteiger partial charge in [0.15, 0.2) is 0 Å². The first-order valence-corrected chi connectivity index (χ1v) is 14.1. The number of rotatable bonds is 6. The molecule has 0 spiro atoms. The Balaban J connectivity index is 1.69. The van der Waals surface area contributed by atoms with E-state index in [1.54, 1.807) is 23.0 Å². The molecule has 0 saturated carbocycles. The van der Waals surface area contributed by atoms with Crippen LogP contribution >= 0.6 is 23.2 Å². The smallest absolute Gasteiger partial charge is 0.326 e. The van der Waals surface area contributed by atoms with E-state index in [-0.39, 0.29) is 30.5 Å². The number of hydrogen-bond acceptors (Lipinski definition) is 5. The summed E-state index contributed by atoms with van der Waals surface area (Å²) in [5, 5.41) is 4.01. The molecular weight excluding hydrogens is 551 g/mol. The summed E-state index contributed by atoms with van der Waals surface area (Å²) < 4.78 is 11.7. The lowest BCUT2D eigenvalue weighted by molar-refractivity contribution is -0.123. The standard InChI is InChI=1S/C30H32Cl2N4O4/c1-18(2)40-25-16-21(39-3)12-13-23(25)29-34-27(22-6-4-5-7-24(22)32)28(19-8-10-20(31)11-9-19)36(29)30(38)35-15-14-33-26(37)17-35/h4-8,10-13,16,18-19,27-28H,9,14-15,17H2,1-3H3,(H,33,37)/t19?,27-,28+/m0/s1. The summed E-state index contributed by atoms with van der Waals surface area (Å²) in [6.45, 7) is 4.62. The van der Waals surface area contributed by atoms with Crippen molar-refractivity contribution in [2.75, 3.05) is 26.7 Å². The number of nitrogens with one attached hydrogen (secondary N) is 1. The van der Waals surface area contributed by atoms with Crippen molar-refractivity contribution in [2.24, 2.45) is 10.9 Å². The molecule has 1 unspecified atom stereocenters. The van der Waals surface area contributed by atoms with Crippen LogP contribution in [-0.2, 0) is 4.79 Å². The molecule has 2 aromatic rings. The molecule has 40 heavy (non-hydrogen) atoms. The predicted molar refractivity (Wildman–Crippen MR) is 156 cm³/mol. The maximum atomic E-state index is 14.4. The van der Waals surface area contributed by atoms with Crippen molar-refractivity contribution in [3.05, 3.63) is 81.9 Å². The van der Waals surface area contributed by atoms with Gasteiger partial charge in [0.05, 0.1) is 24.8 Å². The number of carbonyl (C=O) groups excluding carboxylic acids is 2. The summed E-state index contributed by atoms with van der Waals surface area (Å²) >= 11 is 13.0. The summed E-state index contributed by atoms with van der Waals surface area (Å²) in [6, 6.07) is 11.8. The van der Waals surface area contributed by atoms with Gasteiger partial charge in [0.1, 0.15) is 29.9 Å². The monoisotopic (exact) mass is 582 g/mol. The van der Waals surface area contributed by atoms with Crippen LogP contribution in [0, 0.1) is 5.92 Å². The second-order valence-electron chi connectivity index (χ2n) is 10.2. The Morgan fingerprint density at radius 2 is 1.98 bits per heavy atom. The van der Waals surface area contributed by atoms with Gasteiger partial charge in [0.2, 0.25) is 5.91 Å². The molecular formula is C30H32Cl2N4O4. The molecule has 3 atom stereocenters. The number of nitrogens with zero attached hydrogens (tertiary/aromatic N) is 3. The van der Waals surface area contributed by atoms with Crippen LogP contribution in [-0.4, -0.2) is 66.5 Å². The zero-order chi connectivity index (χ0) is 28.4. The second kappa shape index (κ2) is 11.9. The first kappa shape index (κ1) is 28.1. The second-order valence-corrected chi connectivity index (χ2v) is 11.1. The Bertz CT molecular complexity index is 1390. The highest BCUT2D eigenvalue weighted by Crippen LogP contribution is 2.44. The number of carbonyl (C=O) groups is 2. The van der Waals surface area contributed by atoms with Crippen LogP contribution in [0.4, 0.5) is 4.79 Å². The van der Waals surface area contributed by atoms with Crippen LogP contribution in [0.1, 0.15) is 37.4 Å². The van der Waals surface area contributed by atoms with Gasteiger partial charge in [-0.25, -0.2) is 4.79 Å². The maximum absolute atomic E-state index is 14.4. The number of methoxy groups -OCH3 is 1. The number of urea groups is 1. The normalized spacial score (nSPS) is 22.6. The topological polar surface area (TPSA) is 83.5 Å². The van der Waals surface area contributed by atoms with Crippen molar-refractivity contribution >= 4 is 41.0 Å². The largest absolute Gasteiger partial charge is 0.497 e. The van der Waals surface area contributed by atoms with Crippen molar-refractivity contribution in [1.29, 1.82) is 0 Å². The van der Waals surface area contributed by atoms with Gasteiger partial charge >= 0.3 is 6.03 Å². The Labute approximate surface area is 244 Å². The van der Waals surface area contributed by atoms with Gasteiger partial charge in [-0.15, -0.1) is 0 Å². The quantitative estimate of drug-likeness (QED) is 0.483. The van der Waals surface area contributed by atoms with Crippen molar-refractivity contribution in [3.63, 3.8) is 0 Å². The number of allylic oxidation sites excluding steroid dienone is 3. The van der Waals surface area contributed by atoms with Crippen molar-refractivity contribution in [2.45, 2.75) is 38.5 Å². The van der Waals surface area contributed by atoms with Crippen LogP contribution in [0.15, 0.2) is 70.7 Å². The third kappa shape index (κ3) is 5.69. The molecule has 0 aromatic heterocycles. The Kier molecular flexibility index (Phi) is 8.38. The molecule has 0 bridgehead atoms. The van der Waals surface area contributed by atoms with Gasteiger partial charge in [-0.05, 0) is 50.1 Å². The number of hydrogen-bond donors (Lipinski definition) is 1. The van der Waals surface area contributed by atoms with Crippen molar-refractivity contribution in [3.8, 4) is 11.5 Å². The summed E-state index contributed by atoms with van der Waals surface area (Å²) in [5.74, 6) is 1.32. The predicted octanol–water partition coefficient (Wildman–Crippen LogP) is 5.56. The third-order valence-corrected chi connectivity index (χ3v) is 7.79. The number of benzene rings is 2. The number of amides is 3. The highest BCUT2D eigenvalue weighted by molar-refractivity contribution is 6.31. The molecule has 10 heteroatoms. The molecule has 3 amide bonds. The molecule has 1 fully saturated rings. The summed E-state index contributed by atoms with van der Waals surface area (Å²) in [6.07, 6.45) is 6.32. The number of piperazine rings is 1. The SMILES string of the molecule is COc1ccc(C2=N[C@@H](c3ccccc3Cl)[C@@H](C3C=CC(Cl)=CC3)N2C(=O)N2CCNC(=O)C2)c(OC(C)C)c1. The van der Waals surface area contributed by atoms with Gasteiger partial charge in [-0.3, -0.25) is 14.7 Å². The maximum Gasteiger partial charge on any atom is 0.326 e. The first-order valence-electron chi connectivity index (χ1n) is 13.3. The molecule has 5 rings (SSSR count). The average Bonchev–Trinajstić information content (AvgIpc) is 3.33. The Hall–Kier alpha value is -3.49. The number of amidine groups is 1. The zero-order valence-corrected chi connectivity index (χ0v) is 24.2. The summed E-state index contributed by atoms with van der Waals surface area (Å²) in [7, 11) is 1.59. The van der Waals surface area contributed by atoms with E-state index in [1.165, 1.54) is 0 Å². The lowest BCUT2D eigenvalue weighted by Gasteiger charge is -2.38. The number of ether oxygens (including phenoxy) is 2. The Morgan fingerprint density at radius 3 is 2.65 bits per heavy atom. The van der Waals surface area contributed by atoms with E-state index in [4.69, 9.17) is 37.7 Å². The number of halogens is 2. The van der Waals surface area contributed by atoms with Gasteiger partial charge < -0.3 is 19.7 Å². The van der Waals surface area contributed by atoms with Crippen LogP contribution < -0.4 is 14.8 Å². The highest BCUT2D eigenvalue weighted by Gasteiger charge is 2.47. The fourth-order valence-electron chi connectivity index (χ4n) is 5.35. The minimum absolute atomic E-state index is 0.0315. The molecule has 2 heterocycles. The molecule has 1 N–H and O–H groups in total. The molecule has 2 aromatic carbocycles. The lowest BCUT2D eigenvalue weighted by Crippen LogP contribution is -2.57. The van der Waals surface area contributed by atoms with Crippen LogP contribution in [0.2, 0.25) is 5.02 Å². The van der Waals surface area contributed by atoms with Gasteiger partial charge in [-0.2, -0.15) is 0 Å². The number of aliphatic imine (C=N–C) groups is 1. The molecule has 2 aliphatic heterocycles. The minimum atomic E-state index is -0.472. The van der Waals surface area contributed by atoms with Gasteiger partial charge in [0.25, 0.3) is 0 Å². The first-order chi connectivity index (χ1) is 19.3. The van der Waals surface area contributed by atoms with Crippen molar-refractivity contribution in [1.82, 2.24) is 15.1 Å². The van der Waals surface area contributed by atoms with Crippen molar-refractivity contribution < 1.29 is 19.1 Å². The molecule has 1 aliphatic carbocycles. The molecule has 0 radical (unpaired) electrons. The van der Waals surface area contributed by atoms with E-state index < -0.39 is 12.1 Å². The molecule has 8 nitrogen and oxygen atoms in total. The summed E-state index contributed by atoms with van der Waals surface area (Å²) in [4.78, 5) is 35.2. The summed E-state index contributed by atoms with van der Waals surface area (Å²) in [5.41, 5.74) is 1.46. The van der Waals surface area contributed by atoms with E-state index in [9.17, 15) is 9.59 Å². The van der Waals surface area contributed by atoms with Crippen LogP contribution in [0.5, 0.6) is 11.5 Å². The van der Waals surface area contributed by atoms with E-state index in [0.717, 1.165) is 5.56 Å². The Morgan fingerprint density at radius 1 is 1.18 bits per heavy atom. The van der Waals surface area contributed by atoms with E-state index in [1.807, 2.05) is 68.5 Å². The highest BCUT2D eigenvalue weighted by atomic mass is 35.5. The molecule has 3 aliphatic rings. The van der Waals surface area contributed by atoms with Gasteiger partial charge in [-0.1, -0.05) is 53.6 Å². The average molecular weight is 584 g/mol. The molecule has 1 saturated heterocycles. The van der Waals surface area contributed by atoms with E-state index in [0.29, 0.717) is 52.5 Å².